The molecule has 1 saturated carbocycles. The van der Waals surface area contributed by atoms with Gasteiger partial charge in [-0.3, -0.25) is 4.79 Å². The second-order valence-electron chi connectivity index (χ2n) is 5.62. The fourth-order valence-corrected chi connectivity index (χ4v) is 2.55. The van der Waals surface area contributed by atoms with Crippen molar-refractivity contribution in [3.63, 3.8) is 0 Å². The van der Waals surface area contributed by atoms with Gasteiger partial charge in [0.25, 0.3) is 5.91 Å². The molecule has 1 aliphatic carbocycles. The summed E-state index contributed by atoms with van der Waals surface area (Å²) < 4.78 is 0. The van der Waals surface area contributed by atoms with E-state index >= 15 is 0 Å². The van der Waals surface area contributed by atoms with Crippen molar-refractivity contribution in [2.75, 3.05) is 38.1 Å². The molecule has 1 N–H and O–H groups in total. The summed E-state index contributed by atoms with van der Waals surface area (Å²) >= 11 is 0. The molecule has 2 aliphatic rings. The number of rotatable bonds is 3. The molecule has 0 unspecified atom stereocenters. The SMILES string of the molecule is CN1CCN(c2nccnc2C(=O)NC2CCC2)CC1. The Kier molecular flexibility index (Phi) is 3.82. The largest absolute Gasteiger partial charge is 0.352 e. The molecule has 1 aliphatic heterocycles. The van der Waals surface area contributed by atoms with Crippen LogP contribution in [0.3, 0.4) is 0 Å². The van der Waals surface area contributed by atoms with E-state index in [1.807, 2.05) is 0 Å². The molecule has 6 heteroatoms. The average Bonchev–Trinajstić information content (AvgIpc) is 2.43. The minimum atomic E-state index is -0.0864. The lowest BCUT2D eigenvalue weighted by Gasteiger charge is -2.34. The number of nitrogens with zero attached hydrogens (tertiary/aromatic N) is 4. The number of hydrogen-bond donors (Lipinski definition) is 1. The number of carbonyl (C=O) groups excluding carboxylic acids is 1. The lowest BCUT2D eigenvalue weighted by Crippen LogP contribution is -2.46. The predicted octanol–water partition coefficient (Wildman–Crippen LogP) is 0.511. The van der Waals surface area contributed by atoms with E-state index in [1.165, 1.54) is 6.42 Å². The van der Waals surface area contributed by atoms with Gasteiger partial charge in [-0.1, -0.05) is 0 Å². The molecule has 1 amide bonds. The highest BCUT2D eigenvalue weighted by molar-refractivity contribution is 5.97. The topological polar surface area (TPSA) is 61.4 Å². The van der Waals surface area contributed by atoms with Crippen molar-refractivity contribution in [2.45, 2.75) is 25.3 Å². The Labute approximate surface area is 119 Å². The average molecular weight is 275 g/mol. The van der Waals surface area contributed by atoms with E-state index in [1.54, 1.807) is 12.4 Å². The number of likely N-dealkylation sites (N-methyl/N-ethyl adjacent to an activating group) is 1. The van der Waals surface area contributed by atoms with Crippen LogP contribution in [-0.2, 0) is 0 Å². The highest BCUT2D eigenvalue weighted by atomic mass is 16.2. The van der Waals surface area contributed by atoms with Crippen molar-refractivity contribution >= 4 is 11.7 Å². The molecule has 1 aromatic heterocycles. The minimum absolute atomic E-state index is 0.0864. The summed E-state index contributed by atoms with van der Waals surface area (Å²) in [6.07, 6.45) is 6.62. The van der Waals surface area contributed by atoms with Crippen LogP contribution in [0.5, 0.6) is 0 Å². The normalized spacial score (nSPS) is 20.6. The number of hydrogen-bond acceptors (Lipinski definition) is 5. The van der Waals surface area contributed by atoms with Gasteiger partial charge < -0.3 is 15.1 Å². The quantitative estimate of drug-likeness (QED) is 0.871. The van der Waals surface area contributed by atoms with Crippen LogP contribution in [0.15, 0.2) is 12.4 Å². The predicted molar refractivity (Wildman–Crippen MR) is 76.8 cm³/mol. The molecular weight excluding hydrogens is 254 g/mol. The lowest BCUT2D eigenvalue weighted by molar-refractivity contribution is 0.0912. The standard InChI is InChI=1S/C14H21N5O/c1-18-7-9-19(10-8-18)13-12(15-5-6-16-13)14(20)17-11-3-2-4-11/h5-6,11H,2-4,7-10H2,1H3,(H,17,20). The summed E-state index contributed by atoms with van der Waals surface area (Å²) in [4.78, 5) is 25.4. The van der Waals surface area contributed by atoms with Crippen molar-refractivity contribution in [3.8, 4) is 0 Å². The Morgan fingerprint density at radius 2 is 1.90 bits per heavy atom. The van der Waals surface area contributed by atoms with E-state index < -0.39 is 0 Å². The zero-order chi connectivity index (χ0) is 13.9. The van der Waals surface area contributed by atoms with Gasteiger partial charge in [-0.25, -0.2) is 9.97 Å². The number of anilines is 1. The highest BCUT2D eigenvalue weighted by Crippen LogP contribution is 2.21. The number of aromatic nitrogens is 2. The van der Waals surface area contributed by atoms with Gasteiger partial charge in [0.1, 0.15) is 0 Å². The first-order valence-electron chi connectivity index (χ1n) is 7.29. The molecule has 0 atom stereocenters. The summed E-state index contributed by atoms with van der Waals surface area (Å²) in [7, 11) is 2.11. The van der Waals surface area contributed by atoms with E-state index in [2.05, 4.69) is 32.1 Å². The van der Waals surface area contributed by atoms with Gasteiger partial charge in [0, 0.05) is 44.6 Å². The number of piperazine rings is 1. The summed E-state index contributed by atoms with van der Waals surface area (Å²) in [5, 5.41) is 3.04. The van der Waals surface area contributed by atoms with Gasteiger partial charge in [0.15, 0.2) is 11.5 Å². The molecule has 3 rings (SSSR count). The molecule has 0 spiro atoms. The van der Waals surface area contributed by atoms with Gasteiger partial charge in [-0.2, -0.15) is 0 Å². The van der Waals surface area contributed by atoms with Gasteiger partial charge >= 0.3 is 0 Å². The van der Waals surface area contributed by atoms with E-state index in [0.29, 0.717) is 11.7 Å². The van der Waals surface area contributed by atoms with Gasteiger partial charge in [-0.05, 0) is 26.3 Å². The van der Waals surface area contributed by atoms with Crippen molar-refractivity contribution < 1.29 is 4.79 Å². The Balaban J connectivity index is 1.75. The first-order valence-corrected chi connectivity index (χ1v) is 7.29. The van der Waals surface area contributed by atoms with E-state index in [0.717, 1.165) is 44.8 Å². The molecule has 1 aromatic rings. The minimum Gasteiger partial charge on any atom is -0.352 e. The third kappa shape index (κ3) is 2.75. The summed E-state index contributed by atoms with van der Waals surface area (Å²) in [5.41, 5.74) is 0.462. The van der Waals surface area contributed by atoms with Gasteiger partial charge in [-0.15, -0.1) is 0 Å². The second kappa shape index (κ2) is 5.75. The molecular formula is C14H21N5O. The van der Waals surface area contributed by atoms with Gasteiger partial charge in [0.05, 0.1) is 0 Å². The van der Waals surface area contributed by atoms with E-state index in [4.69, 9.17) is 0 Å². The molecule has 0 radical (unpaired) electrons. The third-order valence-electron chi connectivity index (χ3n) is 4.14. The molecule has 108 valence electrons. The van der Waals surface area contributed by atoms with Crippen LogP contribution in [0.2, 0.25) is 0 Å². The zero-order valence-electron chi connectivity index (χ0n) is 11.9. The number of amides is 1. The van der Waals surface area contributed by atoms with Crippen LogP contribution in [0.25, 0.3) is 0 Å². The van der Waals surface area contributed by atoms with Crippen LogP contribution in [0, 0.1) is 0 Å². The Morgan fingerprint density at radius 3 is 2.55 bits per heavy atom. The third-order valence-corrected chi connectivity index (χ3v) is 4.14. The Hall–Kier alpha value is -1.69. The zero-order valence-corrected chi connectivity index (χ0v) is 11.9. The maximum atomic E-state index is 12.3. The molecule has 2 heterocycles. The summed E-state index contributed by atoms with van der Waals surface area (Å²) in [5.74, 6) is 0.633. The van der Waals surface area contributed by atoms with E-state index in [9.17, 15) is 4.79 Å². The van der Waals surface area contributed by atoms with Crippen LogP contribution in [0.4, 0.5) is 5.82 Å². The van der Waals surface area contributed by atoms with Crippen molar-refractivity contribution in [1.29, 1.82) is 0 Å². The molecule has 2 fully saturated rings. The maximum absolute atomic E-state index is 12.3. The highest BCUT2D eigenvalue weighted by Gasteiger charge is 2.25. The van der Waals surface area contributed by atoms with Crippen LogP contribution in [-0.4, -0.2) is 60.0 Å². The molecule has 0 aromatic carbocycles. The second-order valence-corrected chi connectivity index (χ2v) is 5.62. The number of carbonyl (C=O) groups is 1. The summed E-state index contributed by atoms with van der Waals surface area (Å²) in [6, 6.07) is 0.324. The van der Waals surface area contributed by atoms with E-state index in [-0.39, 0.29) is 5.91 Å². The Bertz CT molecular complexity index is 480. The first kappa shape index (κ1) is 13.3. The maximum Gasteiger partial charge on any atom is 0.273 e. The smallest absolute Gasteiger partial charge is 0.273 e. The number of nitrogens with one attached hydrogen (secondary N) is 1. The van der Waals surface area contributed by atoms with Crippen LogP contribution in [0.1, 0.15) is 29.8 Å². The molecule has 1 saturated heterocycles. The monoisotopic (exact) mass is 275 g/mol. The lowest BCUT2D eigenvalue weighted by atomic mass is 9.93. The van der Waals surface area contributed by atoms with Crippen LogP contribution < -0.4 is 10.2 Å². The van der Waals surface area contributed by atoms with Crippen molar-refractivity contribution in [3.05, 3.63) is 18.1 Å². The molecule has 0 bridgehead atoms. The fraction of sp³-hybridized carbons (Fsp3) is 0.643. The molecule has 20 heavy (non-hydrogen) atoms. The Morgan fingerprint density at radius 1 is 1.20 bits per heavy atom. The van der Waals surface area contributed by atoms with Crippen molar-refractivity contribution in [2.24, 2.45) is 0 Å². The fourth-order valence-electron chi connectivity index (χ4n) is 2.55. The van der Waals surface area contributed by atoms with Crippen molar-refractivity contribution in [1.82, 2.24) is 20.2 Å². The molecule has 6 nitrogen and oxygen atoms in total. The van der Waals surface area contributed by atoms with Crippen LogP contribution >= 0.6 is 0 Å². The summed E-state index contributed by atoms with van der Waals surface area (Å²) in [6.45, 7) is 3.75. The van der Waals surface area contributed by atoms with Gasteiger partial charge in [0.2, 0.25) is 0 Å². The first-order chi connectivity index (χ1) is 9.74.